The number of hydrogen-bond donors (Lipinski definition) is 2. The molecule has 0 amide bonds. The van der Waals surface area contributed by atoms with Crippen molar-refractivity contribution in [3.8, 4) is 0 Å². The van der Waals surface area contributed by atoms with Crippen molar-refractivity contribution in [2.75, 3.05) is 26.2 Å². The maximum atomic E-state index is 9.52. The molecule has 2 saturated heterocycles. The van der Waals surface area contributed by atoms with Crippen LogP contribution in [0.4, 0.5) is 0 Å². The van der Waals surface area contributed by atoms with Crippen molar-refractivity contribution in [2.24, 2.45) is 0 Å². The molecular formula is C15H22N2O. The van der Waals surface area contributed by atoms with Crippen LogP contribution >= 0.6 is 0 Å². The van der Waals surface area contributed by atoms with E-state index < -0.39 is 0 Å². The fourth-order valence-electron chi connectivity index (χ4n) is 3.24. The van der Waals surface area contributed by atoms with Gasteiger partial charge in [-0.05, 0) is 30.9 Å². The molecule has 0 saturated carbocycles. The lowest BCUT2D eigenvalue weighted by Gasteiger charge is -2.20. The number of benzene rings is 1. The first-order chi connectivity index (χ1) is 8.81. The van der Waals surface area contributed by atoms with Crippen LogP contribution in [0.2, 0.25) is 0 Å². The first kappa shape index (κ1) is 12.2. The highest BCUT2D eigenvalue weighted by atomic mass is 16.3. The Balaban J connectivity index is 1.53. The number of hydrogen-bond acceptors (Lipinski definition) is 3. The first-order valence-corrected chi connectivity index (χ1v) is 7.00. The molecule has 0 radical (unpaired) electrons. The van der Waals surface area contributed by atoms with Crippen molar-refractivity contribution in [1.29, 1.82) is 0 Å². The summed E-state index contributed by atoms with van der Waals surface area (Å²) >= 11 is 0. The highest BCUT2D eigenvalue weighted by molar-refractivity contribution is 5.21. The number of aliphatic hydroxyl groups is 1. The number of nitrogens with zero attached hydrogens (tertiary/aromatic N) is 1. The number of aliphatic hydroxyl groups excluding tert-OH is 1. The van der Waals surface area contributed by atoms with E-state index in [-0.39, 0.29) is 6.10 Å². The van der Waals surface area contributed by atoms with E-state index in [1.165, 1.54) is 18.5 Å². The van der Waals surface area contributed by atoms with Crippen LogP contribution in [0.1, 0.15) is 24.3 Å². The predicted molar refractivity (Wildman–Crippen MR) is 72.7 cm³/mol. The maximum Gasteiger partial charge on any atom is 0.0680 e. The monoisotopic (exact) mass is 246 g/mol. The van der Waals surface area contributed by atoms with Gasteiger partial charge in [0.25, 0.3) is 0 Å². The van der Waals surface area contributed by atoms with E-state index in [4.69, 9.17) is 0 Å². The molecule has 98 valence electrons. The summed E-state index contributed by atoms with van der Waals surface area (Å²) in [5, 5.41) is 12.9. The third-order valence-corrected chi connectivity index (χ3v) is 4.22. The van der Waals surface area contributed by atoms with Crippen molar-refractivity contribution in [3.63, 3.8) is 0 Å². The molecule has 2 aliphatic rings. The van der Waals surface area contributed by atoms with Crippen LogP contribution in [0, 0.1) is 0 Å². The van der Waals surface area contributed by atoms with Gasteiger partial charge in [-0.2, -0.15) is 0 Å². The van der Waals surface area contributed by atoms with Crippen LogP contribution in [0.5, 0.6) is 0 Å². The van der Waals surface area contributed by atoms with Gasteiger partial charge in [0.2, 0.25) is 0 Å². The number of rotatable bonds is 3. The van der Waals surface area contributed by atoms with Crippen molar-refractivity contribution in [2.45, 2.75) is 30.9 Å². The van der Waals surface area contributed by atoms with Gasteiger partial charge < -0.3 is 15.3 Å². The van der Waals surface area contributed by atoms with E-state index in [1.54, 1.807) is 0 Å². The van der Waals surface area contributed by atoms with Gasteiger partial charge in [0.1, 0.15) is 0 Å². The zero-order valence-electron chi connectivity index (χ0n) is 10.8. The van der Waals surface area contributed by atoms with Gasteiger partial charge in [0, 0.05) is 25.7 Å². The lowest BCUT2D eigenvalue weighted by molar-refractivity contribution is 0.189. The number of β-amino-alcohol motifs (C(OH)–C–C–N with tert-alkyl or cyclic N) is 1. The summed E-state index contributed by atoms with van der Waals surface area (Å²) in [6.45, 7) is 4.20. The van der Waals surface area contributed by atoms with E-state index >= 15 is 0 Å². The quantitative estimate of drug-likeness (QED) is 0.841. The first-order valence-electron chi connectivity index (χ1n) is 7.00. The Morgan fingerprint density at radius 2 is 2.11 bits per heavy atom. The minimum absolute atomic E-state index is 0.137. The van der Waals surface area contributed by atoms with Crippen LogP contribution in [-0.2, 0) is 0 Å². The van der Waals surface area contributed by atoms with Crippen molar-refractivity contribution in [1.82, 2.24) is 10.2 Å². The molecule has 2 N–H and O–H groups in total. The summed E-state index contributed by atoms with van der Waals surface area (Å²) in [6.07, 6.45) is 2.04. The lowest BCUT2D eigenvalue weighted by atomic mass is 9.99. The minimum Gasteiger partial charge on any atom is -0.392 e. The molecule has 3 heteroatoms. The van der Waals surface area contributed by atoms with Crippen molar-refractivity contribution in [3.05, 3.63) is 35.9 Å². The molecule has 0 aliphatic carbocycles. The third kappa shape index (κ3) is 2.74. The standard InChI is InChI=1S/C15H22N2O/c18-15-8-14(16-9-15)11-17-7-6-13(10-17)12-4-2-1-3-5-12/h1-5,13-16,18H,6-11H2. The second-order valence-corrected chi connectivity index (χ2v) is 5.65. The Bertz CT molecular complexity index is 381. The van der Waals surface area contributed by atoms with Gasteiger partial charge in [-0.3, -0.25) is 0 Å². The molecule has 1 aromatic carbocycles. The van der Waals surface area contributed by atoms with Crippen molar-refractivity contribution < 1.29 is 5.11 Å². The molecule has 2 fully saturated rings. The Morgan fingerprint density at radius 1 is 1.28 bits per heavy atom. The maximum absolute atomic E-state index is 9.52. The van der Waals surface area contributed by atoms with E-state index in [2.05, 4.69) is 40.5 Å². The Labute approximate surface area is 109 Å². The second-order valence-electron chi connectivity index (χ2n) is 5.65. The summed E-state index contributed by atoms with van der Waals surface area (Å²) in [6, 6.07) is 11.3. The van der Waals surface area contributed by atoms with Gasteiger partial charge >= 0.3 is 0 Å². The summed E-state index contributed by atoms with van der Waals surface area (Å²) < 4.78 is 0. The summed E-state index contributed by atoms with van der Waals surface area (Å²) in [5.74, 6) is 0.692. The summed E-state index contributed by atoms with van der Waals surface area (Å²) in [5.41, 5.74) is 1.47. The minimum atomic E-state index is -0.137. The Morgan fingerprint density at radius 3 is 2.83 bits per heavy atom. The summed E-state index contributed by atoms with van der Waals surface area (Å²) in [7, 11) is 0. The van der Waals surface area contributed by atoms with Crippen molar-refractivity contribution >= 4 is 0 Å². The molecule has 0 aromatic heterocycles. The topological polar surface area (TPSA) is 35.5 Å². The Kier molecular flexibility index (Phi) is 3.64. The second kappa shape index (κ2) is 5.39. The largest absolute Gasteiger partial charge is 0.392 e. The SMILES string of the molecule is OC1CNC(CN2CCC(c3ccccc3)C2)C1. The smallest absolute Gasteiger partial charge is 0.0680 e. The van der Waals surface area contributed by atoms with Gasteiger partial charge in [-0.1, -0.05) is 30.3 Å². The highest BCUT2D eigenvalue weighted by Crippen LogP contribution is 2.27. The highest BCUT2D eigenvalue weighted by Gasteiger charge is 2.28. The number of nitrogens with one attached hydrogen (secondary N) is 1. The summed E-state index contributed by atoms with van der Waals surface area (Å²) in [4.78, 5) is 2.54. The van der Waals surface area contributed by atoms with Gasteiger partial charge in [-0.15, -0.1) is 0 Å². The molecule has 2 aliphatic heterocycles. The van der Waals surface area contributed by atoms with Crippen LogP contribution in [0.3, 0.4) is 0 Å². The van der Waals surface area contributed by atoms with Crippen LogP contribution in [0.15, 0.2) is 30.3 Å². The van der Waals surface area contributed by atoms with Gasteiger partial charge in [0.15, 0.2) is 0 Å². The van der Waals surface area contributed by atoms with E-state index in [9.17, 15) is 5.11 Å². The van der Waals surface area contributed by atoms with Crippen LogP contribution < -0.4 is 5.32 Å². The number of likely N-dealkylation sites (tertiary alicyclic amines) is 1. The zero-order valence-corrected chi connectivity index (χ0v) is 10.8. The average molecular weight is 246 g/mol. The molecule has 18 heavy (non-hydrogen) atoms. The van der Waals surface area contributed by atoms with Crippen LogP contribution in [0.25, 0.3) is 0 Å². The molecule has 3 rings (SSSR count). The molecule has 0 spiro atoms. The van der Waals surface area contributed by atoms with Gasteiger partial charge in [-0.25, -0.2) is 0 Å². The zero-order chi connectivity index (χ0) is 12.4. The molecular weight excluding hydrogens is 224 g/mol. The van der Waals surface area contributed by atoms with Crippen LogP contribution in [-0.4, -0.2) is 48.3 Å². The lowest BCUT2D eigenvalue weighted by Crippen LogP contribution is -2.36. The molecule has 3 unspecified atom stereocenters. The van der Waals surface area contributed by atoms with E-state index in [0.29, 0.717) is 12.0 Å². The van der Waals surface area contributed by atoms with E-state index in [1.807, 2.05) is 0 Å². The molecule has 0 bridgehead atoms. The molecule has 3 nitrogen and oxygen atoms in total. The fourth-order valence-corrected chi connectivity index (χ4v) is 3.24. The van der Waals surface area contributed by atoms with E-state index in [0.717, 1.165) is 26.1 Å². The Hall–Kier alpha value is -0.900. The third-order valence-electron chi connectivity index (χ3n) is 4.22. The molecule has 1 aromatic rings. The normalized spacial score (nSPS) is 33.1. The fraction of sp³-hybridized carbons (Fsp3) is 0.600. The molecule has 3 atom stereocenters. The average Bonchev–Trinajstić information content (AvgIpc) is 3.01. The molecule has 2 heterocycles. The van der Waals surface area contributed by atoms with Gasteiger partial charge in [0.05, 0.1) is 6.10 Å². The predicted octanol–water partition coefficient (Wildman–Crippen LogP) is 1.20.